The molecule has 0 bridgehead atoms. The number of hydrogen-bond donors (Lipinski definition) is 1. The fourth-order valence-electron chi connectivity index (χ4n) is 3.67. The lowest BCUT2D eigenvalue weighted by Crippen LogP contribution is -2.31. The molecule has 2 rings (SSSR count). The van der Waals surface area contributed by atoms with Crippen molar-refractivity contribution in [3.63, 3.8) is 0 Å². The average Bonchev–Trinajstić information content (AvgIpc) is 2.50. The third kappa shape index (κ3) is 4.77. The zero-order chi connectivity index (χ0) is 15.1. The molecule has 0 spiro atoms. The van der Waals surface area contributed by atoms with Gasteiger partial charge >= 0.3 is 0 Å². The van der Waals surface area contributed by atoms with E-state index < -0.39 is 0 Å². The summed E-state index contributed by atoms with van der Waals surface area (Å²) in [6.07, 6.45) is 12.0. The molecule has 0 radical (unpaired) electrons. The van der Waals surface area contributed by atoms with Crippen molar-refractivity contribution in [2.24, 2.45) is 11.8 Å². The summed E-state index contributed by atoms with van der Waals surface area (Å²) in [6.45, 7) is 5.43. The first kappa shape index (κ1) is 16.4. The molecule has 2 nitrogen and oxygen atoms in total. The summed E-state index contributed by atoms with van der Waals surface area (Å²) < 4.78 is 13.5. The lowest BCUT2D eigenvalue weighted by atomic mass is 9.75. The van der Waals surface area contributed by atoms with E-state index in [1.165, 1.54) is 44.7 Å². The van der Waals surface area contributed by atoms with Crippen LogP contribution in [-0.2, 0) is 0 Å². The highest BCUT2D eigenvalue weighted by molar-refractivity contribution is 5.16. The number of hydrogen-bond acceptors (Lipinski definition) is 2. The van der Waals surface area contributed by atoms with Crippen molar-refractivity contribution in [3.8, 4) is 0 Å². The van der Waals surface area contributed by atoms with Crippen molar-refractivity contribution in [2.45, 2.75) is 64.8 Å². The highest BCUT2D eigenvalue weighted by Gasteiger charge is 2.28. The molecule has 0 saturated heterocycles. The summed E-state index contributed by atoms with van der Waals surface area (Å²) in [7, 11) is 0. The Morgan fingerprint density at radius 1 is 1.19 bits per heavy atom. The summed E-state index contributed by atoms with van der Waals surface area (Å²) in [5.41, 5.74) is 1.02. The second-order valence-corrected chi connectivity index (χ2v) is 6.44. The molecule has 21 heavy (non-hydrogen) atoms. The van der Waals surface area contributed by atoms with E-state index in [9.17, 15) is 4.39 Å². The Kier molecular flexibility index (Phi) is 6.62. The second-order valence-electron chi connectivity index (χ2n) is 6.44. The molecule has 118 valence electrons. The number of halogens is 1. The molecule has 1 aliphatic carbocycles. The molecule has 1 fully saturated rings. The van der Waals surface area contributed by atoms with Crippen LogP contribution in [0.3, 0.4) is 0 Å². The number of pyridine rings is 1. The summed E-state index contributed by atoms with van der Waals surface area (Å²) in [4.78, 5) is 4.04. The van der Waals surface area contributed by atoms with Crippen LogP contribution in [-0.4, -0.2) is 11.5 Å². The van der Waals surface area contributed by atoms with Gasteiger partial charge in [-0.3, -0.25) is 4.98 Å². The molecular formula is C18H29FN2. The molecule has 1 aromatic rings. The molecule has 1 saturated carbocycles. The fraction of sp³-hybridized carbons (Fsp3) is 0.722. The number of aromatic nitrogens is 1. The van der Waals surface area contributed by atoms with Gasteiger partial charge in [-0.1, -0.05) is 39.5 Å². The van der Waals surface area contributed by atoms with Crippen molar-refractivity contribution in [3.05, 3.63) is 29.8 Å². The van der Waals surface area contributed by atoms with Crippen molar-refractivity contribution in [2.75, 3.05) is 6.54 Å². The Morgan fingerprint density at radius 2 is 1.95 bits per heavy atom. The van der Waals surface area contributed by atoms with Crippen LogP contribution in [0.5, 0.6) is 0 Å². The van der Waals surface area contributed by atoms with Crippen LogP contribution in [0.25, 0.3) is 0 Å². The van der Waals surface area contributed by atoms with Crippen LogP contribution in [0, 0.1) is 17.7 Å². The first-order valence-electron chi connectivity index (χ1n) is 8.58. The van der Waals surface area contributed by atoms with E-state index in [1.54, 1.807) is 6.07 Å². The Morgan fingerprint density at radius 3 is 2.57 bits per heavy atom. The van der Waals surface area contributed by atoms with Crippen molar-refractivity contribution < 1.29 is 4.39 Å². The van der Waals surface area contributed by atoms with Gasteiger partial charge in [-0.2, -0.15) is 0 Å². The molecule has 1 atom stereocenters. The largest absolute Gasteiger partial charge is 0.310 e. The number of rotatable bonds is 7. The van der Waals surface area contributed by atoms with E-state index in [0.29, 0.717) is 5.92 Å². The fourth-order valence-corrected chi connectivity index (χ4v) is 3.67. The van der Waals surface area contributed by atoms with Crippen LogP contribution >= 0.6 is 0 Å². The molecule has 1 N–H and O–H groups in total. The minimum Gasteiger partial charge on any atom is -0.310 e. The normalized spacial score (nSPS) is 24.0. The average molecular weight is 292 g/mol. The molecule has 1 aromatic heterocycles. The van der Waals surface area contributed by atoms with Crippen LogP contribution in [0.2, 0.25) is 0 Å². The predicted octanol–water partition coefficient (Wildman–Crippen LogP) is 4.87. The number of nitrogens with one attached hydrogen (secondary N) is 1. The second kappa shape index (κ2) is 8.47. The topological polar surface area (TPSA) is 24.9 Å². The lowest BCUT2D eigenvalue weighted by molar-refractivity contribution is 0.214. The van der Waals surface area contributed by atoms with Crippen LogP contribution in [0.1, 0.15) is 70.4 Å². The summed E-state index contributed by atoms with van der Waals surface area (Å²) in [6, 6.07) is 1.91. The molecule has 0 amide bonds. The first-order chi connectivity index (χ1) is 10.2. The maximum absolute atomic E-state index is 13.5. The zero-order valence-corrected chi connectivity index (χ0v) is 13.4. The molecule has 0 aromatic carbocycles. The monoisotopic (exact) mass is 292 g/mol. The molecule has 3 heteroatoms. The summed E-state index contributed by atoms with van der Waals surface area (Å²) in [5, 5.41) is 3.62. The summed E-state index contributed by atoms with van der Waals surface area (Å²) in [5.74, 6) is 1.30. The highest BCUT2D eigenvalue weighted by atomic mass is 19.1. The third-order valence-electron chi connectivity index (χ3n) is 4.76. The maximum Gasteiger partial charge on any atom is 0.141 e. The Labute approximate surface area is 128 Å². The van der Waals surface area contributed by atoms with Crippen LogP contribution in [0.15, 0.2) is 18.5 Å². The van der Waals surface area contributed by atoms with Crippen molar-refractivity contribution >= 4 is 0 Å². The first-order valence-corrected chi connectivity index (χ1v) is 8.58. The van der Waals surface area contributed by atoms with Gasteiger partial charge in [0.15, 0.2) is 0 Å². The third-order valence-corrected chi connectivity index (χ3v) is 4.76. The SMILES string of the molecule is CCCNC(c1cncc(F)c1)C1CCC(CCC)CC1. The van der Waals surface area contributed by atoms with Gasteiger partial charge in [0.05, 0.1) is 6.20 Å². The van der Waals surface area contributed by atoms with E-state index in [-0.39, 0.29) is 11.9 Å². The van der Waals surface area contributed by atoms with Gasteiger partial charge in [0.25, 0.3) is 0 Å². The smallest absolute Gasteiger partial charge is 0.141 e. The van der Waals surface area contributed by atoms with Gasteiger partial charge in [-0.25, -0.2) is 4.39 Å². The quantitative estimate of drug-likeness (QED) is 0.775. The van der Waals surface area contributed by atoms with Gasteiger partial charge in [0.2, 0.25) is 0 Å². The zero-order valence-electron chi connectivity index (χ0n) is 13.4. The van der Waals surface area contributed by atoms with Gasteiger partial charge in [-0.05, 0) is 49.3 Å². The molecule has 1 aliphatic rings. The predicted molar refractivity (Wildman–Crippen MR) is 85.6 cm³/mol. The highest BCUT2D eigenvalue weighted by Crippen LogP contribution is 2.38. The van der Waals surface area contributed by atoms with Gasteiger partial charge in [0.1, 0.15) is 5.82 Å². The Balaban J connectivity index is 2.03. The standard InChI is InChI=1S/C18H29FN2/c1-3-5-14-6-8-15(9-7-14)18(21-10-4-2)16-11-17(19)13-20-12-16/h11-15,18,21H,3-10H2,1-2H3. The summed E-state index contributed by atoms with van der Waals surface area (Å²) >= 11 is 0. The van der Waals surface area contributed by atoms with Crippen molar-refractivity contribution in [1.82, 2.24) is 10.3 Å². The Hall–Kier alpha value is -0.960. The van der Waals surface area contributed by atoms with E-state index >= 15 is 0 Å². The van der Waals surface area contributed by atoms with E-state index in [4.69, 9.17) is 0 Å². The van der Waals surface area contributed by atoms with Gasteiger partial charge < -0.3 is 5.32 Å². The molecule has 0 aliphatic heterocycles. The Bertz CT molecular complexity index is 413. The van der Waals surface area contributed by atoms with Crippen LogP contribution < -0.4 is 5.32 Å². The lowest BCUT2D eigenvalue weighted by Gasteiger charge is -2.34. The van der Waals surface area contributed by atoms with Crippen molar-refractivity contribution in [1.29, 1.82) is 0 Å². The van der Waals surface area contributed by atoms with Gasteiger partial charge in [-0.15, -0.1) is 0 Å². The molecular weight excluding hydrogens is 263 g/mol. The van der Waals surface area contributed by atoms with E-state index in [0.717, 1.165) is 24.4 Å². The van der Waals surface area contributed by atoms with E-state index in [2.05, 4.69) is 24.1 Å². The number of nitrogens with zero attached hydrogens (tertiary/aromatic N) is 1. The van der Waals surface area contributed by atoms with Crippen LogP contribution in [0.4, 0.5) is 4.39 Å². The molecule has 1 heterocycles. The minimum absolute atomic E-state index is 0.226. The minimum atomic E-state index is -0.226. The van der Waals surface area contributed by atoms with E-state index in [1.807, 2.05) is 6.20 Å². The maximum atomic E-state index is 13.5. The van der Waals surface area contributed by atoms with Gasteiger partial charge in [0, 0.05) is 12.2 Å². The molecule has 1 unspecified atom stereocenters.